The molecule has 16 heavy (non-hydrogen) atoms. The maximum Gasteiger partial charge on any atom is 0.0645 e. The van der Waals surface area contributed by atoms with Crippen LogP contribution in [0.1, 0.15) is 38.3 Å². The van der Waals surface area contributed by atoms with E-state index in [9.17, 15) is 0 Å². The van der Waals surface area contributed by atoms with E-state index in [-0.39, 0.29) is 0 Å². The molecule has 1 N–H and O–H groups in total. The van der Waals surface area contributed by atoms with Gasteiger partial charge in [0.05, 0.1) is 6.61 Å². The van der Waals surface area contributed by atoms with Gasteiger partial charge in [0, 0.05) is 31.6 Å². The van der Waals surface area contributed by atoms with Gasteiger partial charge in [0.2, 0.25) is 0 Å². The first-order valence-corrected chi connectivity index (χ1v) is 6.18. The quantitative estimate of drug-likeness (QED) is 0.687. The summed E-state index contributed by atoms with van der Waals surface area (Å²) in [4.78, 5) is 0. The Bertz CT molecular complexity index is 283. The van der Waals surface area contributed by atoms with Crippen LogP contribution >= 0.6 is 0 Å². The molecule has 0 spiro atoms. The number of hydrogen-bond acceptors (Lipinski definition) is 2. The van der Waals surface area contributed by atoms with Gasteiger partial charge in [-0.25, -0.2) is 0 Å². The van der Waals surface area contributed by atoms with E-state index in [2.05, 4.69) is 42.2 Å². The van der Waals surface area contributed by atoms with Crippen molar-refractivity contribution < 1.29 is 4.74 Å². The minimum atomic E-state index is 0.419. The van der Waals surface area contributed by atoms with Crippen LogP contribution in [0.15, 0.2) is 18.5 Å². The lowest BCUT2D eigenvalue weighted by Gasteiger charge is -2.07. The molecule has 0 aromatic carbocycles. The number of ether oxygens (including phenoxy) is 1. The number of rotatable bonds is 8. The third-order valence-corrected chi connectivity index (χ3v) is 2.84. The van der Waals surface area contributed by atoms with Crippen molar-refractivity contribution in [1.82, 2.24) is 9.88 Å². The molecule has 0 fully saturated rings. The van der Waals surface area contributed by atoms with Gasteiger partial charge in [0.1, 0.15) is 0 Å². The van der Waals surface area contributed by atoms with Crippen LogP contribution < -0.4 is 5.32 Å². The second-order valence-corrected chi connectivity index (χ2v) is 4.16. The van der Waals surface area contributed by atoms with Crippen LogP contribution in [-0.4, -0.2) is 24.8 Å². The number of hydrogen-bond donors (Lipinski definition) is 1. The summed E-state index contributed by atoms with van der Waals surface area (Å²) in [5.74, 6) is 0. The van der Waals surface area contributed by atoms with Crippen LogP contribution in [0, 0.1) is 0 Å². The van der Waals surface area contributed by atoms with E-state index in [1.54, 1.807) is 0 Å². The minimum Gasteiger partial charge on any atom is -0.380 e. The van der Waals surface area contributed by atoms with Crippen LogP contribution in [0.25, 0.3) is 0 Å². The molecular weight excluding hydrogens is 200 g/mol. The molecule has 3 nitrogen and oxygen atoms in total. The van der Waals surface area contributed by atoms with Gasteiger partial charge in [-0.1, -0.05) is 13.3 Å². The van der Waals surface area contributed by atoms with Gasteiger partial charge in [-0.2, -0.15) is 0 Å². The molecule has 0 bridgehead atoms. The normalized spacial score (nSPS) is 12.9. The first kappa shape index (κ1) is 13.3. The molecule has 1 rings (SSSR count). The maximum atomic E-state index is 5.54. The summed E-state index contributed by atoms with van der Waals surface area (Å²) < 4.78 is 7.73. The zero-order valence-corrected chi connectivity index (χ0v) is 10.7. The molecule has 3 heteroatoms. The van der Waals surface area contributed by atoms with E-state index < -0.39 is 0 Å². The Labute approximate surface area is 98.8 Å². The largest absolute Gasteiger partial charge is 0.380 e. The standard InChI is InChI=1S/C13H24N2O/c1-4-5-9-16-10-8-15-7-6-13(11-15)12(2)14-3/h6-7,11-12,14H,4-5,8-10H2,1-3H3. The minimum absolute atomic E-state index is 0.419. The molecule has 92 valence electrons. The van der Waals surface area contributed by atoms with Crippen molar-refractivity contribution in [3.05, 3.63) is 24.0 Å². The average molecular weight is 224 g/mol. The Kier molecular flexibility index (Phi) is 6.19. The van der Waals surface area contributed by atoms with Gasteiger partial charge in [0.15, 0.2) is 0 Å². The molecule has 0 aliphatic heterocycles. The highest BCUT2D eigenvalue weighted by Crippen LogP contribution is 2.11. The van der Waals surface area contributed by atoms with Crippen LogP contribution in [0.2, 0.25) is 0 Å². The Morgan fingerprint density at radius 1 is 1.44 bits per heavy atom. The third-order valence-electron chi connectivity index (χ3n) is 2.84. The molecule has 0 aliphatic rings. The van der Waals surface area contributed by atoms with Gasteiger partial charge in [-0.05, 0) is 32.0 Å². The second-order valence-electron chi connectivity index (χ2n) is 4.16. The van der Waals surface area contributed by atoms with Gasteiger partial charge >= 0.3 is 0 Å². The molecule has 0 saturated heterocycles. The van der Waals surface area contributed by atoms with Gasteiger partial charge in [-0.3, -0.25) is 0 Å². The van der Waals surface area contributed by atoms with Gasteiger partial charge in [-0.15, -0.1) is 0 Å². The van der Waals surface area contributed by atoms with E-state index in [1.165, 1.54) is 12.0 Å². The molecule has 1 atom stereocenters. The van der Waals surface area contributed by atoms with Crippen molar-refractivity contribution in [2.75, 3.05) is 20.3 Å². The first-order valence-electron chi connectivity index (χ1n) is 6.18. The molecular formula is C13H24N2O. The molecule has 1 unspecified atom stereocenters. The Balaban J connectivity index is 2.24. The zero-order chi connectivity index (χ0) is 11.8. The van der Waals surface area contributed by atoms with E-state index in [1.807, 2.05) is 7.05 Å². The lowest BCUT2D eigenvalue weighted by molar-refractivity contribution is 0.123. The molecule has 0 radical (unpaired) electrons. The fourth-order valence-electron chi connectivity index (χ4n) is 1.54. The predicted octanol–water partition coefficient (Wildman–Crippen LogP) is 2.59. The van der Waals surface area contributed by atoms with Crippen LogP contribution in [0.3, 0.4) is 0 Å². The monoisotopic (exact) mass is 224 g/mol. The highest BCUT2D eigenvalue weighted by molar-refractivity contribution is 5.14. The lowest BCUT2D eigenvalue weighted by Crippen LogP contribution is -2.11. The summed E-state index contributed by atoms with van der Waals surface area (Å²) in [6.45, 7) is 6.98. The van der Waals surface area contributed by atoms with Crippen LogP contribution in [-0.2, 0) is 11.3 Å². The van der Waals surface area contributed by atoms with Crippen molar-refractivity contribution in [2.24, 2.45) is 0 Å². The van der Waals surface area contributed by atoms with Crippen molar-refractivity contribution in [3.8, 4) is 0 Å². The van der Waals surface area contributed by atoms with Crippen LogP contribution in [0.5, 0.6) is 0 Å². The molecule has 1 heterocycles. The zero-order valence-electron chi connectivity index (χ0n) is 10.7. The average Bonchev–Trinajstić information content (AvgIpc) is 2.76. The predicted molar refractivity (Wildman–Crippen MR) is 67.6 cm³/mol. The summed E-state index contributed by atoms with van der Waals surface area (Å²) in [6, 6.07) is 2.58. The molecule has 0 aliphatic carbocycles. The molecule has 0 saturated carbocycles. The number of nitrogens with zero attached hydrogens (tertiary/aromatic N) is 1. The number of aromatic nitrogens is 1. The fourth-order valence-corrected chi connectivity index (χ4v) is 1.54. The van der Waals surface area contributed by atoms with E-state index in [4.69, 9.17) is 4.74 Å². The Hall–Kier alpha value is -0.800. The summed E-state index contributed by atoms with van der Waals surface area (Å²) in [5, 5.41) is 3.23. The lowest BCUT2D eigenvalue weighted by atomic mass is 10.2. The summed E-state index contributed by atoms with van der Waals surface area (Å²) in [5.41, 5.74) is 1.33. The van der Waals surface area contributed by atoms with Crippen molar-refractivity contribution in [3.63, 3.8) is 0 Å². The van der Waals surface area contributed by atoms with E-state index >= 15 is 0 Å². The highest BCUT2D eigenvalue weighted by atomic mass is 16.5. The van der Waals surface area contributed by atoms with Crippen LogP contribution in [0.4, 0.5) is 0 Å². The van der Waals surface area contributed by atoms with Gasteiger partial charge < -0.3 is 14.6 Å². The van der Waals surface area contributed by atoms with Crippen molar-refractivity contribution >= 4 is 0 Å². The topological polar surface area (TPSA) is 26.2 Å². The van der Waals surface area contributed by atoms with Crippen molar-refractivity contribution in [2.45, 2.75) is 39.3 Å². The SMILES string of the molecule is CCCCOCCn1ccc(C(C)NC)c1. The Morgan fingerprint density at radius 2 is 2.25 bits per heavy atom. The Morgan fingerprint density at radius 3 is 2.94 bits per heavy atom. The van der Waals surface area contributed by atoms with Gasteiger partial charge in [0.25, 0.3) is 0 Å². The first-order chi connectivity index (χ1) is 7.77. The molecule has 0 amide bonds. The second kappa shape index (κ2) is 7.47. The molecule has 1 aromatic rings. The van der Waals surface area contributed by atoms with E-state index in [0.717, 1.165) is 26.2 Å². The van der Waals surface area contributed by atoms with E-state index in [0.29, 0.717) is 6.04 Å². The third kappa shape index (κ3) is 4.37. The summed E-state index contributed by atoms with van der Waals surface area (Å²) in [6.07, 6.45) is 6.66. The van der Waals surface area contributed by atoms with Crippen molar-refractivity contribution in [1.29, 1.82) is 0 Å². The maximum absolute atomic E-state index is 5.54. The summed E-state index contributed by atoms with van der Waals surface area (Å²) in [7, 11) is 1.98. The fraction of sp³-hybridized carbons (Fsp3) is 0.692. The smallest absolute Gasteiger partial charge is 0.0645 e. The highest BCUT2D eigenvalue weighted by Gasteiger charge is 2.03. The number of nitrogens with one attached hydrogen (secondary N) is 1. The molecule has 1 aromatic heterocycles. The number of unbranched alkanes of at least 4 members (excludes halogenated alkanes) is 1. The summed E-state index contributed by atoms with van der Waals surface area (Å²) >= 11 is 0.